The summed E-state index contributed by atoms with van der Waals surface area (Å²) in [6.07, 6.45) is 0. The van der Waals surface area contributed by atoms with Crippen LogP contribution >= 0.6 is 0 Å². The number of hydrogen-bond acceptors (Lipinski definition) is 8. The Balaban J connectivity index is 1.90. The molecular formula is C22H22N2O7. The number of methoxy groups -OCH3 is 1. The number of carbonyl (C=O) groups is 1. The summed E-state index contributed by atoms with van der Waals surface area (Å²) in [6, 6.07) is 8.87. The molecule has 0 aliphatic heterocycles. The number of anilines is 1. The molecule has 1 N–H and O–H groups in total. The molecule has 0 bridgehead atoms. The second kappa shape index (κ2) is 9.40. The summed E-state index contributed by atoms with van der Waals surface area (Å²) in [5.41, 5.74) is 2.34. The zero-order valence-corrected chi connectivity index (χ0v) is 17.4. The van der Waals surface area contributed by atoms with Gasteiger partial charge in [-0.1, -0.05) is 12.1 Å². The molecule has 0 saturated heterocycles. The van der Waals surface area contributed by atoms with E-state index in [1.807, 2.05) is 19.9 Å². The molecule has 9 nitrogen and oxygen atoms in total. The number of hydrogen-bond donors (Lipinski definition) is 1. The van der Waals surface area contributed by atoms with E-state index in [0.29, 0.717) is 35.4 Å². The van der Waals surface area contributed by atoms with Gasteiger partial charge in [0.1, 0.15) is 12.2 Å². The first-order valence-corrected chi connectivity index (χ1v) is 9.53. The van der Waals surface area contributed by atoms with Crippen LogP contribution in [0.2, 0.25) is 0 Å². The number of carbonyl (C=O) groups excluding carboxylic acids is 1. The summed E-state index contributed by atoms with van der Waals surface area (Å²) in [5, 5.41) is 14.8. The maximum Gasteiger partial charge on any atom is 0.340 e. The summed E-state index contributed by atoms with van der Waals surface area (Å²) in [7, 11) is 1.54. The van der Waals surface area contributed by atoms with Crippen molar-refractivity contribution in [1.82, 2.24) is 0 Å². The molecule has 0 atom stereocenters. The third-order valence-electron chi connectivity index (χ3n) is 4.93. The summed E-state index contributed by atoms with van der Waals surface area (Å²) in [4.78, 5) is 35.3. The SMILES string of the molecule is COCCNc1ccc([N+](=O)[O-])cc1C(=O)OCc1cc(=O)oc2c(C)c(C)ccc12. The highest BCUT2D eigenvalue weighted by atomic mass is 16.6. The van der Waals surface area contributed by atoms with Crippen molar-refractivity contribution in [2.45, 2.75) is 20.5 Å². The number of nitrogens with one attached hydrogen (secondary N) is 1. The zero-order chi connectivity index (χ0) is 22.5. The first-order chi connectivity index (χ1) is 14.8. The maximum atomic E-state index is 12.8. The van der Waals surface area contributed by atoms with Crippen LogP contribution in [0.1, 0.15) is 27.0 Å². The van der Waals surface area contributed by atoms with Gasteiger partial charge in [-0.05, 0) is 31.0 Å². The summed E-state index contributed by atoms with van der Waals surface area (Å²) in [6.45, 7) is 4.34. The Kier molecular flexibility index (Phi) is 6.66. The number of nitrogens with zero attached hydrogens (tertiary/aromatic N) is 1. The molecule has 9 heteroatoms. The van der Waals surface area contributed by atoms with Crippen LogP contribution in [-0.2, 0) is 16.1 Å². The van der Waals surface area contributed by atoms with Gasteiger partial charge in [-0.15, -0.1) is 0 Å². The normalized spacial score (nSPS) is 10.8. The summed E-state index contributed by atoms with van der Waals surface area (Å²) < 4.78 is 15.7. The van der Waals surface area contributed by atoms with E-state index >= 15 is 0 Å². The third-order valence-corrected chi connectivity index (χ3v) is 4.93. The monoisotopic (exact) mass is 426 g/mol. The molecule has 0 spiro atoms. The van der Waals surface area contributed by atoms with Gasteiger partial charge in [0, 0.05) is 48.5 Å². The average Bonchev–Trinajstić information content (AvgIpc) is 2.75. The minimum absolute atomic E-state index is 0.0181. The lowest BCUT2D eigenvalue weighted by atomic mass is 10.0. The molecule has 0 amide bonds. The Morgan fingerprint density at radius 1 is 1.19 bits per heavy atom. The number of non-ortho nitro benzene ring substituents is 1. The molecule has 3 rings (SSSR count). The highest BCUT2D eigenvalue weighted by molar-refractivity contribution is 5.96. The van der Waals surface area contributed by atoms with Crippen LogP contribution < -0.4 is 10.9 Å². The fraction of sp³-hybridized carbons (Fsp3) is 0.273. The van der Waals surface area contributed by atoms with Gasteiger partial charge in [-0.3, -0.25) is 10.1 Å². The number of esters is 1. The van der Waals surface area contributed by atoms with E-state index in [2.05, 4.69) is 5.32 Å². The molecular weight excluding hydrogens is 404 g/mol. The summed E-state index contributed by atoms with van der Waals surface area (Å²) >= 11 is 0. The Hall–Kier alpha value is -3.72. The summed E-state index contributed by atoms with van der Waals surface area (Å²) in [5.74, 6) is -0.756. The van der Waals surface area contributed by atoms with E-state index in [9.17, 15) is 19.7 Å². The lowest BCUT2D eigenvalue weighted by Gasteiger charge is -2.13. The first-order valence-electron chi connectivity index (χ1n) is 9.53. The van der Waals surface area contributed by atoms with Gasteiger partial charge in [-0.2, -0.15) is 0 Å². The predicted molar refractivity (Wildman–Crippen MR) is 115 cm³/mol. The van der Waals surface area contributed by atoms with Crippen LogP contribution in [0.3, 0.4) is 0 Å². The Morgan fingerprint density at radius 3 is 2.68 bits per heavy atom. The van der Waals surface area contributed by atoms with Crippen molar-refractivity contribution in [2.75, 3.05) is 25.6 Å². The molecule has 1 heterocycles. The molecule has 0 radical (unpaired) electrons. The Morgan fingerprint density at radius 2 is 1.97 bits per heavy atom. The van der Waals surface area contributed by atoms with E-state index in [1.54, 1.807) is 6.07 Å². The number of ether oxygens (including phenoxy) is 2. The van der Waals surface area contributed by atoms with Crippen molar-refractivity contribution >= 4 is 28.3 Å². The standard InChI is InChI=1S/C22H22N2O7/c1-13-4-6-17-15(10-20(25)31-21(17)14(13)2)12-30-22(26)18-11-16(24(27)28)5-7-19(18)23-8-9-29-3/h4-7,10-11,23H,8-9,12H2,1-3H3. The lowest BCUT2D eigenvalue weighted by Crippen LogP contribution is -2.14. The van der Waals surface area contributed by atoms with Crippen LogP contribution in [0.25, 0.3) is 11.0 Å². The molecule has 0 saturated carbocycles. The van der Waals surface area contributed by atoms with Gasteiger partial charge in [0.15, 0.2) is 0 Å². The number of nitro benzene ring substituents is 1. The highest BCUT2D eigenvalue weighted by Crippen LogP contribution is 2.26. The van der Waals surface area contributed by atoms with Gasteiger partial charge in [-0.25, -0.2) is 9.59 Å². The molecule has 2 aromatic carbocycles. The van der Waals surface area contributed by atoms with Crippen molar-refractivity contribution in [3.05, 3.63) is 79.2 Å². The smallest absolute Gasteiger partial charge is 0.340 e. The molecule has 3 aromatic rings. The molecule has 0 aliphatic rings. The quantitative estimate of drug-likeness (QED) is 0.190. The highest BCUT2D eigenvalue weighted by Gasteiger charge is 2.19. The van der Waals surface area contributed by atoms with Crippen LogP contribution in [0.5, 0.6) is 0 Å². The van der Waals surface area contributed by atoms with Gasteiger partial charge < -0.3 is 19.2 Å². The van der Waals surface area contributed by atoms with E-state index < -0.39 is 16.5 Å². The van der Waals surface area contributed by atoms with Crippen molar-refractivity contribution in [2.24, 2.45) is 0 Å². The zero-order valence-electron chi connectivity index (χ0n) is 17.4. The minimum atomic E-state index is -0.756. The van der Waals surface area contributed by atoms with E-state index in [0.717, 1.165) is 17.2 Å². The molecule has 31 heavy (non-hydrogen) atoms. The second-order valence-corrected chi connectivity index (χ2v) is 6.96. The third kappa shape index (κ3) is 4.89. The first kappa shape index (κ1) is 22.0. The van der Waals surface area contributed by atoms with Crippen LogP contribution in [-0.4, -0.2) is 31.2 Å². The van der Waals surface area contributed by atoms with Crippen molar-refractivity contribution in [3.8, 4) is 0 Å². The van der Waals surface area contributed by atoms with Crippen molar-refractivity contribution in [3.63, 3.8) is 0 Å². The van der Waals surface area contributed by atoms with E-state index in [1.165, 1.54) is 25.3 Å². The number of aryl methyl sites for hydroxylation is 2. The van der Waals surface area contributed by atoms with Gasteiger partial charge in [0.2, 0.25) is 0 Å². The largest absolute Gasteiger partial charge is 0.457 e. The molecule has 1 aromatic heterocycles. The minimum Gasteiger partial charge on any atom is -0.457 e. The number of nitro groups is 1. The maximum absolute atomic E-state index is 12.8. The van der Waals surface area contributed by atoms with Crippen molar-refractivity contribution < 1.29 is 23.6 Å². The number of benzene rings is 2. The van der Waals surface area contributed by atoms with Crippen molar-refractivity contribution in [1.29, 1.82) is 0 Å². The second-order valence-electron chi connectivity index (χ2n) is 6.96. The average molecular weight is 426 g/mol. The van der Waals surface area contributed by atoms with E-state index in [4.69, 9.17) is 13.9 Å². The molecule has 162 valence electrons. The van der Waals surface area contributed by atoms with Crippen LogP contribution in [0, 0.1) is 24.0 Å². The number of rotatable bonds is 8. The van der Waals surface area contributed by atoms with E-state index in [-0.39, 0.29) is 17.9 Å². The molecule has 0 unspecified atom stereocenters. The molecule has 0 fully saturated rings. The van der Waals surface area contributed by atoms with Gasteiger partial charge in [0.05, 0.1) is 17.1 Å². The predicted octanol–water partition coefficient (Wildman–Crippen LogP) is 3.73. The Labute approximate surface area is 177 Å². The van der Waals surface area contributed by atoms with Crippen LogP contribution in [0.15, 0.2) is 45.6 Å². The molecule has 0 aliphatic carbocycles. The lowest BCUT2D eigenvalue weighted by molar-refractivity contribution is -0.384. The van der Waals surface area contributed by atoms with Crippen LogP contribution in [0.4, 0.5) is 11.4 Å². The topological polar surface area (TPSA) is 121 Å². The van der Waals surface area contributed by atoms with Gasteiger partial charge >= 0.3 is 11.6 Å². The van der Waals surface area contributed by atoms with Gasteiger partial charge in [0.25, 0.3) is 5.69 Å². The fourth-order valence-electron chi connectivity index (χ4n) is 3.12. The number of fused-ring (bicyclic) bond motifs is 1. The Bertz CT molecular complexity index is 1200. The fourth-order valence-corrected chi connectivity index (χ4v) is 3.12.